The van der Waals surface area contributed by atoms with E-state index in [0.29, 0.717) is 26.2 Å². The molecule has 1 atom stereocenters. The van der Waals surface area contributed by atoms with E-state index in [2.05, 4.69) is 5.09 Å². The standard InChI is InChI=1S/C14H22ClN2O3P/c15-7-8-16-21(18)17(9-4-11-20-21)10-12-19-13-14-5-2-1-3-6-14/h1-3,5-6H,4,7-13H2,(H,16,18)/i10D2. The molecule has 118 valence electrons. The molecule has 21 heavy (non-hydrogen) atoms. The molecular formula is C14H22ClN2O3P. The number of nitrogens with zero attached hydrogens (tertiary/aromatic N) is 1. The molecular weight excluding hydrogens is 311 g/mol. The van der Waals surface area contributed by atoms with Gasteiger partial charge >= 0.3 is 7.67 Å². The molecule has 0 spiro atoms. The van der Waals surface area contributed by atoms with Crippen molar-refractivity contribution in [1.82, 2.24) is 9.76 Å². The third-order valence-electron chi connectivity index (χ3n) is 2.97. The zero-order valence-electron chi connectivity index (χ0n) is 13.8. The van der Waals surface area contributed by atoms with Crippen LogP contribution < -0.4 is 5.09 Å². The molecule has 2 rings (SSSR count). The molecule has 1 heterocycles. The first-order chi connectivity index (χ1) is 11.0. The number of benzene rings is 1. The van der Waals surface area contributed by atoms with Gasteiger partial charge in [0.05, 0.1) is 19.8 Å². The highest BCUT2D eigenvalue weighted by Crippen LogP contribution is 2.48. The summed E-state index contributed by atoms with van der Waals surface area (Å²) in [6, 6.07) is 9.53. The fourth-order valence-electron chi connectivity index (χ4n) is 1.95. The first-order valence-corrected chi connectivity index (χ1v) is 9.05. The lowest BCUT2D eigenvalue weighted by molar-refractivity contribution is 0.0977. The van der Waals surface area contributed by atoms with Gasteiger partial charge in [-0.2, -0.15) is 0 Å². The second-order valence-electron chi connectivity index (χ2n) is 4.56. The van der Waals surface area contributed by atoms with Gasteiger partial charge in [-0.3, -0.25) is 4.57 Å². The first kappa shape index (κ1) is 14.2. The maximum absolute atomic E-state index is 12.8. The fraction of sp³-hybridized carbons (Fsp3) is 0.571. The Labute approximate surface area is 133 Å². The number of halogens is 1. The predicted octanol–water partition coefficient (Wildman–Crippen LogP) is 2.86. The summed E-state index contributed by atoms with van der Waals surface area (Å²) in [6.07, 6.45) is 0.616. The van der Waals surface area contributed by atoms with Crippen molar-refractivity contribution < 1.29 is 16.6 Å². The third-order valence-corrected chi connectivity index (χ3v) is 5.29. The van der Waals surface area contributed by atoms with E-state index in [-0.39, 0.29) is 19.0 Å². The van der Waals surface area contributed by atoms with Crippen molar-refractivity contribution in [3.63, 3.8) is 0 Å². The van der Waals surface area contributed by atoms with Crippen molar-refractivity contribution in [3.05, 3.63) is 35.9 Å². The highest BCUT2D eigenvalue weighted by atomic mass is 35.5. The van der Waals surface area contributed by atoms with Crippen LogP contribution in [-0.2, 0) is 20.4 Å². The van der Waals surface area contributed by atoms with E-state index in [1.54, 1.807) is 0 Å². The van der Waals surface area contributed by atoms with Crippen molar-refractivity contribution in [2.45, 2.75) is 13.0 Å². The van der Waals surface area contributed by atoms with Gasteiger partial charge in [-0.05, 0) is 12.0 Å². The lowest BCUT2D eigenvalue weighted by Crippen LogP contribution is -2.37. The van der Waals surface area contributed by atoms with Crippen LogP contribution in [0.1, 0.15) is 14.7 Å². The molecule has 1 fully saturated rings. The molecule has 1 unspecified atom stereocenters. The van der Waals surface area contributed by atoms with Crippen molar-refractivity contribution in [3.8, 4) is 0 Å². The molecule has 1 saturated heterocycles. The normalized spacial score (nSPS) is 25.4. The number of ether oxygens (including phenoxy) is 1. The summed E-state index contributed by atoms with van der Waals surface area (Å²) < 4.78 is 41.4. The van der Waals surface area contributed by atoms with E-state index in [9.17, 15) is 4.57 Å². The lowest BCUT2D eigenvalue weighted by atomic mass is 10.2. The Morgan fingerprint density at radius 3 is 3.05 bits per heavy atom. The summed E-state index contributed by atoms with van der Waals surface area (Å²) in [4.78, 5) is 0. The van der Waals surface area contributed by atoms with Crippen molar-refractivity contribution in [2.24, 2.45) is 0 Å². The van der Waals surface area contributed by atoms with Crippen molar-refractivity contribution in [2.75, 3.05) is 38.7 Å². The Morgan fingerprint density at radius 1 is 1.48 bits per heavy atom. The SMILES string of the molecule is [2H]C([2H])(COCc1ccccc1)N1CCCOP1(=O)NCCCl. The van der Waals surface area contributed by atoms with Crippen molar-refractivity contribution in [1.29, 1.82) is 0 Å². The van der Waals surface area contributed by atoms with Crippen molar-refractivity contribution >= 4 is 19.3 Å². The van der Waals surface area contributed by atoms with Gasteiger partial charge in [0.1, 0.15) is 0 Å². The largest absolute Gasteiger partial charge is 0.375 e. The van der Waals surface area contributed by atoms with Crippen LogP contribution in [-0.4, -0.2) is 43.4 Å². The van der Waals surface area contributed by atoms with Crippen LogP contribution in [0.3, 0.4) is 0 Å². The molecule has 0 saturated carbocycles. The van der Waals surface area contributed by atoms with Gasteiger partial charge in [-0.15, -0.1) is 11.6 Å². The maximum atomic E-state index is 12.8. The Kier molecular flexibility index (Phi) is 6.00. The molecule has 0 aromatic heterocycles. The lowest BCUT2D eigenvalue weighted by Gasteiger charge is -2.34. The number of alkyl halides is 1. The molecule has 1 N–H and O–H groups in total. The summed E-state index contributed by atoms with van der Waals surface area (Å²) in [6.45, 7) is -0.829. The summed E-state index contributed by atoms with van der Waals surface area (Å²) in [5.74, 6) is 0.273. The van der Waals surface area contributed by atoms with Gasteiger partial charge in [-0.25, -0.2) is 9.76 Å². The summed E-state index contributed by atoms with van der Waals surface area (Å²) in [5, 5.41) is 2.74. The van der Waals surface area contributed by atoms with E-state index >= 15 is 0 Å². The molecule has 1 aliphatic heterocycles. The van der Waals surface area contributed by atoms with Gasteiger partial charge in [0.15, 0.2) is 0 Å². The van der Waals surface area contributed by atoms with E-state index in [4.69, 9.17) is 23.6 Å². The summed E-state index contributed by atoms with van der Waals surface area (Å²) >= 11 is 5.62. The van der Waals surface area contributed by atoms with Crippen LogP contribution in [0.2, 0.25) is 0 Å². The zero-order chi connectivity index (χ0) is 16.8. The van der Waals surface area contributed by atoms with E-state index < -0.39 is 14.2 Å². The average molecular weight is 335 g/mol. The van der Waals surface area contributed by atoms with Gasteiger partial charge in [0.2, 0.25) is 0 Å². The van der Waals surface area contributed by atoms with E-state index in [1.165, 1.54) is 4.67 Å². The Hall–Kier alpha value is -0.420. The molecule has 5 nitrogen and oxygen atoms in total. The first-order valence-electron chi connectivity index (χ1n) is 7.93. The van der Waals surface area contributed by atoms with Gasteiger partial charge in [0, 0.05) is 28.2 Å². The summed E-state index contributed by atoms with van der Waals surface area (Å²) in [5.41, 5.74) is 0.960. The number of nitrogens with one attached hydrogen (secondary N) is 1. The summed E-state index contributed by atoms with van der Waals surface area (Å²) in [7, 11) is -3.43. The molecule has 1 aromatic carbocycles. The fourth-order valence-corrected chi connectivity index (χ4v) is 4.00. The van der Waals surface area contributed by atoms with E-state index in [0.717, 1.165) is 5.56 Å². The highest BCUT2D eigenvalue weighted by molar-refractivity contribution is 7.54. The molecule has 0 bridgehead atoms. The molecule has 0 radical (unpaired) electrons. The number of hydrogen-bond donors (Lipinski definition) is 1. The van der Waals surface area contributed by atoms with Crippen LogP contribution in [0.4, 0.5) is 0 Å². The van der Waals surface area contributed by atoms with Crippen LogP contribution in [0.15, 0.2) is 30.3 Å². The van der Waals surface area contributed by atoms with E-state index in [1.807, 2.05) is 30.3 Å². The van der Waals surface area contributed by atoms with Crippen LogP contribution >= 0.6 is 19.3 Å². The monoisotopic (exact) mass is 334 g/mol. The Bertz CT molecular complexity index is 536. The quantitative estimate of drug-likeness (QED) is 0.585. The van der Waals surface area contributed by atoms with Gasteiger partial charge < -0.3 is 9.26 Å². The average Bonchev–Trinajstić information content (AvgIpc) is 2.54. The number of hydrogen-bond acceptors (Lipinski definition) is 3. The van der Waals surface area contributed by atoms with Gasteiger partial charge in [-0.1, -0.05) is 30.3 Å². The molecule has 1 aliphatic rings. The minimum atomic E-state index is -3.43. The second kappa shape index (κ2) is 8.89. The van der Waals surface area contributed by atoms with Crippen LogP contribution in [0.25, 0.3) is 0 Å². The minimum Gasteiger partial charge on any atom is -0.375 e. The van der Waals surface area contributed by atoms with Crippen LogP contribution in [0.5, 0.6) is 0 Å². The zero-order valence-corrected chi connectivity index (χ0v) is 13.5. The van der Waals surface area contributed by atoms with Crippen LogP contribution in [0, 0.1) is 0 Å². The highest BCUT2D eigenvalue weighted by Gasteiger charge is 2.34. The molecule has 0 amide bonds. The minimum absolute atomic E-state index is 0.197. The number of rotatable bonds is 8. The third kappa shape index (κ3) is 5.37. The Balaban J connectivity index is 1.96. The molecule has 0 aliphatic carbocycles. The topological polar surface area (TPSA) is 50.8 Å². The second-order valence-corrected chi connectivity index (χ2v) is 7.04. The van der Waals surface area contributed by atoms with Gasteiger partial charge in [0.25, 0.3) is 0 Å². The Morgan fingerprint density at radius 2 is 2.29 bits per heavy atom. The maximum Gasteiger partial charge on any atom is 0.343 e. The predicted molar refractivity (Wildman–Crippen MR) is 84.6 cm³/mol. The smallest absolute Gasteiger partial charge is 0.343 e. The molecule has 1 aromatic rings. The molecule has 7 heteroatoms.